The third-order valence-electron chi connectivity index (χ3n) is 3.65. The molecule has 0 aliphatic heterocycles. The van der Waals surface area contributed by atoms with Gasteiger partial charge in [0.1, 0.15) is 5.75 Å². The summed E-state index contributed by atoms with van der Waals surface area (Å²) in [4.78, 5) is 0. The van der Waals surface area contributed by atoms with Crippen molar-refractivity contribution in [2.24, 2.45) is 5.41 Å². The molecule has 3 heteroatoms. The van der Waals surface area contributed by atoms with Crippen LogP contribution in [-0.4, -0.2) is 13.7 Å². The average Bonchev–Trinajstić information content (AvgIpc) is 3.08. The summed E-state index contributed by atoms with van der Waals surface area (Å²) < 4.78 is 5.19. The first kappa shape index (κ1) is 11.1. The van der Waals surface area contributed by atoms with E-state index >= 15 is 0 Å². The highest BCUT2D eigenvalue weighted by Gasteiger charge is 2.40. The highest BCUT2D eigenvalue weighted by atomic mass is 16.5. The quantitative estimate of drug-likeness (QED) is 0.750. The van der Waals surface area contributed by atoms with Crippen molar-refractivity contribution in [3.63, 3.8) is 0 Å². The maximum Gasteiger partial charge on any atom is 0.143 e. The van der Waals surface area contributed by atoms with Gasteiger partial charge in [-0.2, -0.15) is 0 Å². The fourth-order valence-electron chi connectivity index (χ4n) is 1.99. The molecule has 16 heavy (non-hydrogen) atoms. The number of rotatable bonds is 5. The Morgan fingerprint density at radius 3 is 2.75 bits per heavy atom. The minimum absolute atomic E-state index is 0.523. The van der Waals surface area contributed by atoms with Gasteiger partial charge in [0.15, 0.2) is 0 Å². The predicted octanol–water partition coefficient (Wildman–Crippen LogP) is 2.88. The summed E-state index contributed by atoms with van der Waals surface area (Å²) >= 11 is 0. The van der Waals surface area contributed by atoms with Crippen molar-refractivity contribution in [3.8, 4) is 5.75 Å². The van der Waals surface area contributed by atoms with Gasteiger partial charge in [-0.05, 0) is 36.8 Å². The van der Waals surface area contributed by atoms with E-state index in [4.69, 9.17) is 10.5 Å². The molecule has 1 aromatic rings. The summed E-state index contributed by atoms with van der Waals surface area (Å²) in [6, 6.07) is 5.85. The van der Waals surface area contributed by atoms with Gasteiger partial charge in [0.05, 0.1) is 18.5 Å². The maximum atomic E-state index is 6.00. The molecule has 3 nitrogen and oxygen atoms in total. The topological polar surface area (TPSA) is 47.3 Å². The molecule has 0 amide bonds. The van der Waals surface area contributed by atoms with Gasteiger partial charge in [0.25, 0.3) is 0 Å². The van der Waals surface area contributed by atoms with E-state index in [0.717, 1.165) is 18.0 Å². The highest BCUT2D eigenvalue weighted by molar-refractivity contribution is 5.72. The molecule has 0 radical (unpaired) electrons. The minimum Gasteiger partial charge on any atom is -0.495 e. The molecular weight excluding hydrogens is 200 g/mol. The normalized spacial score (nSPS) is 16.9. The molecule has 0 spiro atoms. The fourth-order valence-corrected chi connectivity index (χ4v) is 1.99. The molecule has 0 bridgehead atoms. The van der Waals surface area contributed by atoms with Gasteiger partial charge in [-0.15, -0.1) is 0 Å². The van der Waals surface area contributed by atoms with E-state index in [2.05, 4.69) is 12.2 Å². The zero-order valence-electron chi connectivity index (χ0n) is 10.0. The van der Waals surface area contributed by atoms with Gasteiger partial charge in [-0.3, -0.25) is 0 Å². The largest absolute Gasteiger partial charge is 0.495 e. The smallest absolute Gasteiger partial charge is 0.143 e. The zero-order valence-corrected chi connectivity index (χ0v) is 10.0. The van der Waals surface area contributed by atoms with Crippen molar-refractivity contribution in [1.82, 2.24) is 0 Å². The second kappa shape index (κ2) is 4.24. The Morgan fingerprint density at radius 2 is 2.19 bits per heavy atom. The van der Waals surface area contributed by atoms with Crippen LogP contribution < -0.4 is 15.8 Å². The van der Waals surface area contributed by atoms with Crippen molar-refractivity contribution < 1.29 is 4.74 Å². The molecule has 1 aliphatic carbocycles. The van der Waals surface area contributed by atoms with Crippen LogP contribution in [0.25, 0.3) is 0 Å². The molecule has 0 aromatic heterocycles. The van der Waals surface area contributed by atoms with E-state index in [1.807, 2.05) is 18.2 Å². The van der Waals surface area contributed by atoms with Gasteiger partial charge in [0.2, 0.25) is 0 Å². The van der Waals surface area contributed by atoms with Gasteiger partial charge >= 0.3 is 0 Å². The molecule has 3 N–H and O–H groups in total. The lowest BCUT2D eigenvalue weighted by Crippen LogP contribution is -2.15. The Balaban J connectivity index is 2.04. The number of nitrogens with two attached hydrogens (primary N) is 1. The summed E-state index contributed by atoms with van der Waals surface area (Å²) in [6.07, 6.45) is 3.91. The summed E-state index contributed by atoms with van der Waals surface area (Å²) in [5, 5.41) is 3.44. The van der Waals surface area contributed by atoms with Crippen LogP contribution in [0.5, 0.6) is 5.75 Å². The molecule has 2 rings (SSSR count). The predicted molar refractivity (Wildman–Crippen MR) is 67.9 cm³/mol. The van der Waals surface area contributed by atoms with Gasteiger partial charge < -0.3 is 15.8 Å². The van der Waals surface area contributed by atoms with E-state index in [1.54, 1.807) is 7.11 Å². The van der Waals surface area contributed by atoms with Crippen molar-refractivity contribution in [3.05, 3.63) is 18.2 Å². The number of anilines is 2. The summed E-state index contributed by atoms with van der Waals surface area (Å²) in [7, 11) is 1.64. The Bertz CT molecular complexity index is 372. The van der Waals surface area contributed by atoms with Crippen LogP contribution in [0.4, 0.5) is 11.4 Å². The minimum atomic E-state index is 0.523. The van der Waals surface area contributed by atoms with Crippen LogP contribution in [0, 0.1) is 5.41 Å². The van der Waals surface area contributed by atoms with E-state index in [1.165, 1.54) is 19.3 Å². The number of ether oxygens (including phenoxy) is 1. The second-order valence-electron chi connectivity index (χ2n) is 4.63. The van der Waals surface area contributed by atoms with Crippen LogP contribution in [0.3, 0.4) is 0 Å². The molecule has 88 valence electrons. The van der Waals surface area contributed by atoms with Crippen LogP contribution in [0.2, 0.25) is 0 Å². The molecule has 0 atom stereocenters. The number of benzene rings is 1. The number of nitrogens with one attached hydrogen (secondary N) is 1. The van der Waals surface area contributed by atoms with Crippen LogP contribution in [-0.2, 0) is 0 Å². The molecule has 0 unspecified atom stereocenters. The Labute approximate surface area is 97.0 Å². The zero-order chi connectivity index (χ0) is 11.6. The number of nitrogen functional groups attached to an aromatic ring is 1. The van der Waals surface area contributed by atoms with Crippen LogP contribution >= 0.6 is 0 Å². The second-order valence-corrected chi connectivity index (χ2v) is 4.63. The lowest BCUT2D eigenvalue weighted by Gasteiger charge is -2.16. The Kier molecular flexibility index (Phi) is 2.95. The van der Waals surface area contributed by atoms with E-state index in [-0.39, 0.29) is 0 Å². The summed E-state index contributed by atoms with van der Waals surface area (Å²) in [6.45, 7) is 3.27. The third-order valence-corrected chi connectivity index (χ3v) is 3.65. The third kappa shape index (κ3) is 2.08. The first-order valence-corrected chi connectivity index (χ1v) is 5.87. The van der Waals surface area contributed by atoms with Gasteiger partial charge in [-0.25, -0.2) is 0 Å². The molecule has 1 saturated carbocycles. The number of hydrogen-bond donors (Lipinski definition) is 2. The average molecular weight is 220 g/mol. The van der Waals surface area contributed by atoms with E-state index in [9.17, 15) is 0 Å². The Hall–Kier alpha value is -1.38. The molecule has 1 aromatic carbocycles. The van der Waals surface area contributed by atoms with Crippen molar-refractivity contribution in [2.75, 3.05) is 24.7 Å². The first-order chi connectivity index (χ1) is 7.71. The molecular formula is C13H20N2O. The van der Waals surface area contributed by atoms with E-state index < -0.39 is 0 Å². The van der Waals surface area contributed by atoms with E-state index in [0.29, 0.717) is 11.1 Å². The first-order valence-electron chi connectivity index (χ1n) is 5.87. The molecule has 0 heterocycles. The highest BCUT2D eigenvalue weighted by Crippen LogP contribution is 2.48. The standard InChI is InChI=1S/C13H20N2O/c1-3-13(7-8-13)9-15-10-5-4-6-11(16-2)12(10)14/h4-6,15H,3,7-9,14H2,1-2H3. The van der Waals surface area contributed by atoms with Gasteiger partial charge in [0, 0.05) is 6.54 Å². The SMILES string of the molecule is CCC1(CNc2cccc(OC)c2N)CC1. The van der Waals surface area contributed by atoms with Crippen LogP contribution in [0.15, 0.2) is 18.2 Å². The number of methoxy groups -OCH3 is 1. The lowest BCUT2D eigenvalue weighted by atomic mass is 10.0. The van der Waals surface area contributed by atoms with Crippen molar-refractivity contribution >= 4 is 11.4 Å². The lowest BCUT2D eigenvalue weighted by molar-refractivity contribution is 0.417. The monoisotopic (exact) mass is 220 g/mol. The Morgan fingerprint density at radius 1 is 1.44 bits per heavy atom. The summed E-state index contributed by atoms with van der Waals surface area (Å²) in [5.74, 6) is 0.742. The van der Waals surface area contributed by atoms with Gasteiger partial charge in [-0.1, -0.05) is 13.0 Å². The van der Waals surface area contributed by atoms with Crippen molar-refractivity contribution in [1.29, 1.82) is 0 Å². The molecule has 0 saturated heterocycles. The maximum absolute atomic E-state index is 6.00. The van der Waals surface area contributed by atoms with Crippen LogP contribution in [0.1, 0.15) is 26.2 Å². The molecule has 1 aliphatic rings. The fraction of sp³-hybridized carbons (Fsp3) is 0.538. The van der Waals surface area contributed by atoms with Crippen molar-refractivity contribution in [2.45, 2.75) is 26.2 Å². The summed E-state index contributed by atoms with van der Waals surface area (Å²) in [5.41, 5.74) is 8.21. The number of hydrogen-bond acceptors (Lipinski definition) is 3. The molecule has 1 fully saturated rings. The number of para-hydroxylation sites is 1.